The lowest BCUT2D eigenvalue weighted by molar-refractivity contribution is 0.0957. The smallest absolute Gasteiger partial charge is 0.264 e. The molecule has 0 aliphatic carbocycles. The topological polar surface area (TPSA) is 66.5 Å². The molecule has 28 heavy (non-hydrogen) atoms. The number of carbonyl (C=O) groups is 1. The summed E-state index contributed by atoms with van der Waals surface area (Å²) in [6.45, 7) is 8.79. The first-order chi connectivity index (χ1) is 13.0. The van der Waals surface area contributed by atoms with Gasteiger partial charge in [0.1, 0.15) is 0 Å². The minimum Gasteiger partial charge on any atom is -0.351 e. The molecule has 152 valence electrons. The maximum Gasteiger partial charge on any atom is 0.264 e. The third-order valence-corrected chi connectivity index (χ3v) is 7.15. The van der Waals surface area contributed by atoms with Gasteiger partial charge < -0.3 is 5.32 Å². The number of rotatable bonds is 7. The van der Waals surface area contributed by atoms with Gasteiger partial charge in [-0.25, -0.2) is 8.42 Å². The molecule has 0 aliphatic rings. The standard InChI is InChI=1S/C21H28N2O3S2/c1-16-10-12-17(13-11-16)28(25,26)23(5)19-9-7-6-8-18(19)20(24)22-14-15-27-21(2,3)4/h6-13H,14-15H2,1-5H3,(H,22,24). The van der Waals surface area contributed by atoms with E-state index in [9.17, 15) is 13.2 Å². The number of para-hydroxylation sites is 1. The first-order valence-electron chi connectivity index (χ1n) is 9.09. The number of aryl methyl sites for hydroxylation is 1. The summed E-state index contributed by atoms with van der Waals surface area (Å²) in [5.74, 6) is 0.505. The molecule has 7 heteroatoms. The number of amides is 1. The van der Waals surface area contributed by atoms with E-state index in [0.29, 0.717) is 17.8 Å². The molecule has 0 heterocycles. The Morgan fingerprint density at radius 3 is 2.29 bits per heavy atom. The summed E-state index contributed by atoms with van der Waals surface area (Å²) >= 11 is 1.76. The molecule has 1 amide bonds. The van der Waals surface area contributed by atoms with Crippen LogP contribution in [0.1, 0.15) is 36.7 Å². The van der Waals surface area contributed by atoms with E-state index in [4.69, 9.17) is 0 Å². The third kappa shape index (κ3) is 5.75. The number of benzene rings is 2. The van der Waals surface area contributed by atoms with Crippen molar-refractivity contribution in [2.45, 2.75) is 37.3 Å². The molecular formula is C21H28N2O3S2. The fourth-order valence-corrected chi connectivity index (χ4v) is 4.59. The summed E-state index contributed by atoms with van der Waals surface area (Å²) in [6, 6.07) is 13.4. The van der Waals surface area contributed by atoms with Crippen molar-refractivity contribution in [2.24, 2.45) is 0 Å². The van der Waals surface area contributed by atoms with Crippen LogP contribution in [0, 0.1) is 6.92 Å². The van der Waals surface area contributed by atoms with E-state index in [1.165, 1.54) is 7.05 Å². The molecule has 0 aliphatic heterocycles. The Bertz CT molecular complexity index is 917. The van der Waals surface area contributed by atoms with E-state index in [2.05, 4.69) is 26.1 Å². The van der Waals surface area contributed by atoms with Crippen LogP contribution in [-0.2, 0) is 10.0 Å². The van der Waals surface area contributed by atoms with E-state index in [1.54, 1.807) is 60.3 Å². The van der Waals surface area contributed by atoms with Crippen LogP contribution in [0.4, 0.5) is 5.69 Å². The summed E-state index contributed by atoms with van der Waals surface area (Å²) < 4.78 is 27.3. The average Bonchev–Trinajstić information content (AvgIpc) is 2.64. The van der Waals surface area contributed by atoms with Crippen LogP contribution < -0.4 is 9.62 Å². The van der Waals surface area contributed by atoms with Crippen LogP contribution in [-0.4, -0.2) is 38.4 Å². The fourth-order valence-electron chi connectivity index (χ4n) is 2.56. The molecule has 0 saturated heterocycles. The third-order valence-electron chi connectivity index (χ3n) is 4.09. The Morgan fingerprint density at radius 2 is 1.68 bits per heavy atom. The predicted octanol–water partition coefficient (Wildman–Crippen LogP) is 4.08. The minimum absolute atomic E-state index is 0.130. The van der Waals surface area contributed by atoms with Crippen LogP contribution in [0.25, 0.3) is 0 Å². The van der Waals surface area contributed by atoms with Crippen molar-refractivity contribution < 1.29 is 13.2 Å². The van der Waals surface area contributed by atoms with Gasteiger partial charge in [-0.15, -0.1) is 0 Å². The lowest BCUT2D eigenvalue weighted by atomic mass is 10.1. The summed E-state index contributed by atoms with van der Waals surface area (Å²) in [5.41, 5.74) is 1.67. The lowest BCUT2D eigenvalue weighted by Crippen LogP contribution is -2.31. The van der Waals surface area contributed by atoms with Gasteiger partial charge in [0.15, 0.2) is 0 Å². The van der Waals surface area contributed by atoms with Crippen molar-refractivity contribution in [3.63, 3.8) is 0 Å². The SMILES string of the molecule is Cc1ccc(S(=O)(=O)N(C)c2ccccc2C(=O)NCCSC(C)(C)C)cc1. The van der Waals surface area contributed by atoms with E-state index >= 15 is 0 Å². The zero-order valence-electron chi connectivity index (χ0n) is 17.0. The molecular weight excluding hydrogens is 392 g/mol. The van der Waals surface area contributed by atoms with Gasteiger partial charge in [-0.1, -0.05) is 50.6 Å². The van der Waals surface area contributed by atoms with Crippen LogP contribution >= 0.6 is 11.8 Å². The molecule has 0 spiro atoms. The van der Waals surface area contributed by atoms with Gasteiger partial charge in [-0.3, -0.25) is 9.10 Å². The van der Waals surface area contributed by atoms with E-state index < -0.39 is 10.0 Å². The number of anilines is 1. The Hall–Kier alpha value is -1.99. The van der Waals surface area contributed by atoms with Crippen LogP contribution in [0.15, 0.2) is 53.4 Å². The summed E-state index contributed by atoms with van der Waals surface area (Å²) in [6.07, 6.45) is 0. The number of sulfonamides is 1. The van der Waals surface area contributed by atoms with Gasteiger partial charge in [-0.05, 0) is 31.2 Å². The average molecular weight is 421 g/mol. The zero-order valence-corrected chi connectivity index (χ0v) is 18.7. The fraction of sp³-hybridized carbons (Fsp3) is 0.381. The number of carbonyl (C=O) groups excluding carboxylic acids is 1. The first kappa shape index (κ1) is 22.3. The molecule has 0 saturated carbocycles. The molecule has 2 aromatic rings. The van der Waals surface area contributed by atoms with Crippen molar-refractivity contribution in [3.8, 4) is 0 Å². The van der Waals surface area contributed by atoms with E-state index in [0.717, 1.165) is 15.6 Å². The van der Waals surface area contributed by atoms with Crippen LogP contribution in [0.5, 0.6) is 0 Å². The number of hydrogen-bond donors (Lipinski definition) is 1. The largest absolute Gasteiger partial charge is 0.351 e. The van der Waals surface area contributed by atoms with Crippen molar-refractivity contribution in [1.82, 2.24) is 5.32 Å². The molecule has 5 nitrogen and oxygen atoms in total. The van der Waals surface area contributed by atoms with Crippen molar-refractivity contribution >= 4 is 33.4 Å². The highest BCUT2D eigenvalue weighted by molar-refractivity contribution is 8.00. The molecule has 0 atom stereocenters. The summed E-state index contributed by atoms with van der Waals surface area (Å²) in [4.78, 5) is 12.9. The van der Waals surface area contributed by atoms with Crippen molar-refractivity contribution in [3.05, 3.63) is 59.7 Å². The normalized spacial score (nSPS) is 11.9. The zero-order chi connectivity index (χ0) is 20.9. The van der Waals surface area contributed by atoms with Gasteiger partial charge in [0.2, 0.25) is 0 Å². The second-order valence-electron chi connectivity index (χ2n) is 7.52. The summed E-state index contributed by atoms with van der Waals surface area (Å²) in [7, 11) is -2.29. The Balaban J connectivity index is 2.20. The Morgan fingerprint density at radius 1 is 1.07 bits per heavy atom. The highest BCUT2D eigenvalue weighted by Crippen LogP contribution is 2.26. The number of nitrogens with one attached hydrogen (secondary N) is 1. The molecule has 0 unspecified atom stereocenters. The predicted molar refractivity (Wildman–Crippen MR) is 118 cm³/mol. The Kier molecular flexibility index (Phi) is 7.17. The highest BCUT2D eigenvalue weighted by Gasteiger charge is 2.25. The first-order valence-corrected chi connectivity index (χ1v) is 11.5. The second kappa shape index (κ2) is 9.01. The van der Waals surface area contributed by atoms with Crippen molar-refractivity contribution in [1.29, 1.82) is 0 Å². The second-order valence-corrected chi connectivity index (χ2v) is 11.4. The van der Waals surface area contributed by atoms with Crippen LogP contribution in [0.2, 0.25) is 0 Å². The maximum atomic E-state index is 13.0. The molecule has 0 radical (unpaired) electrons. The molecule has 1 N–H and O–H groups in total. The number of thioether (sulfide) groups is 1. The van der Waals surface area contributed by atoms with Crippen molar-refractivity contribution in [2.75, 3.05) is 23.7 Å². The highest BCUT2D eigenvalue weighted by atomic mass is 32.2. The monoisotopic (exact) mass is 420 g/mol. The molecule has 2 aromatic carbocycles. The number of nitrogens with zero attached hydrogens (tertiary/aromatic N) is 1. The minimum atomic E-state index is -3.76. The maximum absolute atomic E-state index is 13.0. The summed E-state index contributed by atoms with van der Waals surface area (Å²) in [5, 5.41) is 2.88. The number of hydrogen-bond acceptors (Lipinski definition) is 4. The van der Waals surface area contributed by atoms with Gasteiger partial charge in [-0.2, -0.15) is 11.8 Å². The molecule has 0 aromatic heterocycles. The van der Waals surface area contributed by atoms with Gasteiger partial charge >= 0.3 is 0 Å². The van der Waals surface area contributed by atoms with Gasteiger partial charge in [0, 0.05) is 24.1 Å². The quantitative estimate of drug-likeness (QED) is 0.686. The molecule has 0 bridgehead atoms. The molecule has 2 rings (SSSR count). The van der Waals surface area contributed by atoms with E-state index in [1.807, 2.05) is 6.92 Å². The van der Waals surface area contributed by atoms with E-state index in [-0.39, 0.29) is 15.5 Å². The molecule has 0 fully saturated rings. The van der Waals surface area contributed by atoms with Crippen LogP contribution in [0.3, 0.4) is 0 Å². The van der Waals surface area contributed by atoms with Gasteiger partial charge in [0.05, 0.1) is 16.1 Å². The Labute approximate surface area is 172 Å². The van der Waals surface area contributed by atoms with Gasteiger partial charge in [0.25, 0.3) is 15.9 Å². The lowest BCUT2D eigenvalue weighted by Gasteiger charge is -2.22.